The first-order valence-electron chi connectivity index (χ1n) is 5.34. The van der Waals surface area contributed by atoms with Crippen LogP contribution in [0.1, 0.15) is 10.4 Å². The lowest BCUT2D eigenvalue weighted by atomic mass is 10.2. The van der Waals surface area contributed by atoms with Gasteiger partial charge in [0.1, 0.15) is 17.9 Å². The highest BCUT2D eigenvalue weighted by atomic mass is 32.2. The van der Waals surface area contributed by atoms with Crippen LogP contribution < -0.4 is 4.74 Å². The van der Waals surface area contributed by atoms with Gasteiger partial charge in [0.25, 0.3) is 0 Å². The molecular formula is C12H15NO5S. The van der Waals surface area contributed by atoms with E-state index in [-0.39, 0.29) is 22.8 Å². The minimum atomic E-state index is -3.68. The van der Waals surface area contributed by atoms with Gasteiger partial charge in [-0.25, -0.2) is 17.5 Å². The van der Waals surface area contributed by atoms with Crippen LogP contribution in [0.25, 0.3) is 0 Å². The third-order valence-corrected chi connectivity index (χ3v) is 4.13. The number of nitrogens with zero attached hydrogens (tertiary/aromatic N) is 1. The van der Waals surface area contributed by atoms with Crippen LogP contribution in [0.4, 0.5) is 0 Å². The normalized spacial score (nSPS) is 11.3. The van der Waals surface area contributed by atoms with Crippen LogP contribution in [0.2, 0.25) is 0 Å². The van der Waals surface area contributed by atoms with Gasteiger partial charge in [-0.05, 0) is 18.2 Å². The van der Waals surface area contributed by atoms with Crippen molar-refractivity contribution in [3.8, 4) is 5.75 Å². The second-order valence-electron chi connectivity index (χ2n) is 3.85. The molecule has 0 aliphatic carbocycles. The number of carboxylic acids is 1. The largest absolute Gasteiger partial charge is 0.489 e. The average Bonchev–Trinajstić information content (AvgIpc) is 2.35. The molecule has 0 bridgehead atoms. The van der Waals surface area contributed by atoms with Gasteiger partial charge in [-0.2, -0.15) is 0 Å². The maximum Gasteiger partial charge on any atom is 0.339 e. The first kappa shape index (κ1) is 15.2. The highest BCUT2D eigenvalue weighted by Crippen LogP contribution is 2.24. The summed E-state index contributed by atoms with van der Waals surface area (Å²) in [4.78, 5) is 11.0. The lowest BCUT2D eigenvalue weighted by Crippen LogP contribution is -2.22. The minimum Gasteiger partial charge on any atom is -0.489 e. The Morgan fingerprint density at radius 2 is 2.11 bits per heavy atom. The van der Waals surface area contributed by atoms with Crippen molar-refractivity contribution in [1.82, 2.24) is 4.31 Å². The fourth-order valence-corrected chi connectivity index (χ4v) is 2.25. The van der Waals surface area contributed by atoms with Crippen molar-refractivity contribution in [3.63, 3.8) is 0 Å². The SMILES string of the molecule is C=CCOc1ccc(S(=O)(=O)N(C)C)cc1C(=O)O. The maximum atomic E-state index is 11.9. The molecule has 1 aromatic carbocycles. The molecule has 19 heavy (non-hydrogen) atoms. The molecular weight excluding hydrogens is 270 g/mol. The van der Waals surface area contributed by atoms with Crippen LogP contribution in [0.5, 0.6) is 5.75 Å². The van der Waals surface area contributed by atoms with Gasteiger partial charge in [-0.15, -0.1) is 0 Å². The summed E-state index contributed by atoms with van der Waals surface area (Å²) in [5, 5.41) is 9.08. The van der Waals surface area contributed by atoms with Crippen molar-refractivity contribution in [3.05, 3.63) is 36.4 Å². The van der Waals surface area contributed by atoms with Gasteiger partial charge < -0.3 is 9.84 Å². The van der Waals surface area contributed by atoms with Crippen LogP contribution in [-0.4, -0.2) is 44.5 Å². The van der Waals surface area contributed by atoms with Crippen LogP contribution in [0.3, 0.4) is 0 Å². The summed E-state index contributed by atoms with van der Waals surface area (Å²) in [6, 6.07) is 3.71. The van der Waals surface area contributed by atoms with Crippen molar-refractivity contribution in [2.75, 3.05) is 20.7 Å². The Morgan fingerprint density at radius 1 is 1.47 bits per heavy atom. The molecule has 0 heterocycles. The number of carbonyl (C=O) groups is 1. The smallest absolute Gasteiger partial charge is 0.339 e. The van der Waals surface area contributed by atoms with Crippen molar-refractivity contribution in [1.29, 1.82) is 0 Å². The molecule has 0 atom stereocenters. The van der Waals surface area contributed by atoms with E-state index in [4.69, 9.17) is 9.84 Å². The summed E-state index contributed by atoms with van der Waals surface area (Å²) in [5.74, 6) is -1.15. The summed E-state index contributed by atoms with van der Waals surface area (Å²) in [5.41, 5.74) is -0.204. The molecule has 0 amide bonds. The monoisotopic (exact) mass is 285 g/mol. The molecule has 0 aliphatic heterocycles. The van der Waals surface area contributed by atoms with Crippen LogP contribution in [0, 0.1) is 0 Å². The number of aromatic carboxylic acids is 1. The molecule has 0 aliphatic rings. The molecule has 0 saturated heterocycles. The number of hydrogen-bond acceptors (Lipinski definition) is 4. The quantitative estimate of drug-likeness (QED) is 0.794. The topological polar surface area (TPSA) is 83.9 Å². The highest BCUT2D eigenvalue weighted by Gasteiger charge is 2.21. The molecule has 0 spiro atoms. The molecule has 0 radical (unpaired) electrons. The maximum absolute atomic E-state index is 11.9. The van der Waals surface area contributed by atoms with Crippen molar-refractivity contribution >= 4 is 16.0 Å². The Labute approximate surface area is 112 Å². The zero-order chi connectivity index (χ0) is 14.6. The predicted molar refractivity (Wildman–Crippen MR) is 70.0 cm³/mol. The first-order chi connectivity index (χ1) is 8.80. The van der Waals surface area contributed by atoms with Gasteiger partial charge in [-0.3, -0.25) is 0 Å². The lowest BCUT2D eigenvalue weighted by molar-refractivity contribution is 0.0692. The van der Waals surface area contributed by atoms with E-state index in [1.165, 1.54) is 32.3 Å². The molecule has 7 heteroatoms. The Kier molecular flexibility index (Phi) is 4.68. The van der Waals surface area contributed by atoms with Gasteiger partial charge >= 0.3 is 5.97 Å². The van der Waals surface area contributed by atoms with E-state index in [0.717, 1.165) is 10.4 Å². The van der Waals surface area contributed by atoms with E-state index < -0.39 is 16.0 Å². The summed E-state index contributed by atoms with van der Waals surface area (Å²) in [7, 11) is -0.930. The fraction of sp³-hybridized carbons (Fsp3) is 0.250. The fourth-order valence-electron chi connectivity index (χ4n) is 1.32. The van der Waals surface area contributed by atoms with Crippen LogP contribution in [-0.2, 0) is 10.0 Å². The summed E-state index contributed by atoms with van der Waals surface area (Å²) in [6.07, 6.45) is 1.47. The molecule has 0 saturated carbocycles. The van der Waals surface area contributed by atoms with E-state index in [1.54, 1.807) is 0 Å². The molecule has 1 N–H and O–H groups in total. The van der Waals surface area contributed by atoms with E-state index in [0.29, 0.717) is 0 Å². The molecule has 0 aromatic heterocycles. The van der Waals surface area contributed by atoms with Crippen LogP contribution >= 0.6 is 0 Å². The number of hydrogen-bond donors (Lipinski definition) is 1. The van der Waals surface area contributed by atoms with Gasteiger partial charge in [-0.1, -0.05) is 12.7 Å². The molecule has 0 fully saturated rings. The van der Waals surface area contributed by atoms with Crippen molar-refractivity contribution in [2.24, 2.45) is 0 Å². The summed E-state index contributed by atoms with van der Waals surface area (Å²) in [6.45, 7) is 3.59. The number of carboxylic acid groups (broad SMARTS) is 1. The Balaban J connectivity index is 3.31. The standard InChI is InChI=1S/C12H15NO5S/c1-4-7-18-11-6-5-9(8-10(11)12(14)15)19(16,17)13(2)3/h4-6,8H,1,7H2,2-3H3,(H,14,15). The zero-order valence-electron chi connectivity index (χ0n) is 10.7. The Hall–Kier alpha value is -1.86. The van der Waals surface area contributed by atoms with E-state index >= 15 is 0 Å². The Morgan fingerprint density at radius 3 is 2.58 bits per heavy atom. The Bertz CT molecular complexity index is 592. The van der Waals surface area contributed by atoms with Gasteiger partial charge in [0.15, 0.2) is 0 Å². The molecule has 0 unspecified atom stereocenters. The molecule has 1 aromatic rings. The number of benzene rings is 1. The summed E-state index contributed by atoms with van der Waals surface area (Å²) < 4.78 is 30.0. The second-order valence-corrected chi connectivity index (χ2v) is 6.00. The van der Waals surface area contributed by atoms with Crippen molar-refractivity contribution < 1.29 is 23.1 Å². The van der Waals surface area contributed by atoms with E-state index in [1.807, 2.05) is 0 Å². The third-order valence-electron chi connectivity index (χ3n) is 2.32. The summed E-state index contributed by atoms with van der Waals surface area (Å²) >= 11 is 0. The average molecular weight is 285 g/mol. The zero-order valence-corrected chi connectivity index (χ0v) is 11.5. The van der Waals surface area contributed by atoms with Crippen LogP contribution in [0.15, 0.2) is 35.7 Å². The van der Waals surface area contributed by atoms with Gasteiger partial charge in [0.05, 0.1) is 4.90 Å². The van der Waals surface area contributed by atoms with E-state index in [9.17, 15) is 13.2 Å². The molecule has 104 valence electrons. The third kappa shape index (κ3) is 3.33. The molecule has 1 rings (SSSR count). The lowest BCUT2D eigenvalue weighted by Gasteiger charge is -2.13. The van der Waals surface area contributed by atoms with E-state index in [2.05, 4.69) is 6.58 Å². The second kappa shape index (κ2) is 5.85. The highest BCUT2D eigenvalue weighted by molar-refractivity contribution is 7.89. The first-order valence-corrected chi connectivity index (χ1v) is 6.78. The minimum absolute atomic E-state index is 0.0964. The van der Waals surface area contributed by atoms with Gasteiger partial charge in [0, 0.05) is 14.1 Å². The predicted octanol–water partition coefficient (Wildman–Crippen LogP) is 1.20. The molecule has 6 nitrogen and oxygen atoms in total. The van der Waals surface area contributed by atoms with Crippen molar-refractivity contribution in [2.45, 2.75) is 4.90 Å². The number of rotatable bonds is 6. The number of sulfonamides is 1. The van der Waals surface area contributed by atoms with Gasteiger partial charge in [0.2, 0.25) is 10.0 Å². The number of ether oxygens (including phenoxy) is 1.